The van der Waals surface area contributed by atoms with E-state index in [1.165, 1.54) is 36.5 Å². The maximum Gasteiger partial charge on any atom is 0.416 e. The number of nitrogens with one attached hydrogen (secondary N) is 1. The Balaban J connectivity index is 0.000000230. The molecular formula is C33H24ClF5N2O7S. The van der Waals surface area contributed by atoms with Gasteiger partial charge in [-0.25, -0.2) is 22.2 Å². The van der Waals surface area contributed by atoms with Crippen molar-refractivity contribution in [3.63, 3.8) is 0 Å². The molecule has 0 aliphatic heterocycles. The monoisotopic (exact) mass is 722 g/mol. The normalized spacial score (nSPS) is 13.7. The minimum Gasteiger partial charge on any atom is -0.438 e. The van der Waals surface area contributed by atoms with Crippen molar-refractivity contribution in [2.45, 2.75) is 30.3 Å². The highest BCUT2D eigenvalue weighted by molar-refractivity contribution is 7.90. The molecule has 1 aromatic heterocycles. The van der Waals surface area contributed by atoms with Gasteiger partial charge in [-0.05, 0) is 67.1 Å². The number of amides is 1. The molecule has 0 radical (unpaired) electrons. The summed E-state index contributed by atoms with van der Waals surface area (Å²) in [6.45, 7) is 0. The number of benzene rings is 3. The molecule has 16 heteroatoms. The average molecular weight is 723 g/mol. The van der Waals surface area contributed by atoms with Crippen LogP contribution in [0.5, 0.6) is 11.6 Å². The van der Waals surface area contributed by atoms with Crippen LogP contribution in [0, 0.1) is 17.6 Å². The van der Waals surface area contributed by atoms with Gasteiger partial charge >= 0.3 is 6.18 Å². The largest absolute Gasteiger partial charge is 0.438 e. The van der Waals surface area contributed by atoms with Gasteiger partial charge in [0.25, 0.3) is 5.91 Å². The lowest BCUT2D eigenvalue weighted by Gasteiger charge is -2.18. The van der Waals surface area contributed by atoms with Crippen molar-refractivity contribution in [1.29, 1.82) is 0 Å². The van der Waals surface area contributed by atoms with Gasteiger partial charge in [-0.15, -0.1) is 0 Å². The van der Waals surface area contributed by atoms with E-state index in [0.717, 1.165) is 42.7 Å². The molecule has 0 bridgehead atoms. The summed E-state index contributed by atoms with van der Waals surface area (Å²) >= 11 is 5.94. The highest BCUT2D eigenvalue weighted by Gasteiger charge is 2.37. The summed E-state index contributed by atoms with van der Waals surface area (Å²) in [6.07, 6.45) is -1.42. The lowest BCUT2D eigenvalue weighted by atomic mass is 9.82. The van der Waals surface area contributed by atoms with Crippen LogP contribution in [0.1, 0.15) is 45.5 Å². The van der Waals surface area contributed by atoms with E-state index in [9.17, 15) is 49.5 Å². The molecule has 0 atom stereocenters. The molecule has 1 saturated carbocycles. The smallest absolute Gasteiger partial charge is 0.416 e. The molecule has 1 heterocycles. The van der Waals surface area contributed by atoms with Crippen LogP contribution in [0.4, 0.5) is 27.6 Å². The molecule has 1 aliphatic carbocycles. The van der Waals surface area contributed by atoms with Crippen LogP contribution >= 0.6 is 11.6 Å². The van der Waals surface area contributed by atoms with E-state index in [0.29, 0.717) is 12.5 Å². The average Bonchev–Trinajstić information content (AvgIpc) is 3.02. The third kappa shape index (κ3) is 9.32. The Hall–Kier alpha value is -5.02. The van der Waals surface area contributed by atoms with Crippen molar-refractivity contribution >= 4 is 50.4 Å². The van der Waals surface area contributed by atoms with E-state index in [-0.39, 0.29) is 51.2 Å². The first kappa shape index (κ1) is 36.8. The number of ether oxygens (including phenoxy) is 1. The quantitative estimate of drug-likeness (QED) is 0.119. The fraction of sp³-hybridized carbons (Fsp3) is 0.182. The highest BCUT2D eigenvalue weighted by Crippen LogP contribution is 2.33. The fourth-order valence-corrected chi connectivity index (χ4v) is 5.54. The van der Waals surface area contributed by atoms with E-state index in [1.807, 2.05) is 0 Å². The Bertz CT molecular complexity index is 2040. The number of rotatable bonds is 7. The summed E-state index contributed by atoms with van der Waals surface area (Å²) < 4.78 is 93.3. The zero-order chi connectivity index (χ0) is 36.1. The predicted molar refractivity (Wildman–Crippen MR) is 166 cm³/mol. The number of carbonyl (C=O) groups excluding carboxylic acids is 4. The van der Waals surface area contributed by atoms with Crippen molar-refractivity contribution in [3.8, 4) is 11.6 Å². The van der Waals surface area contributed by atoms with Gasteiger partial charge < -0.3 is 10.1 Å². The summed E-state index contributed by atoms with van der Waals surface area (Å²) in [7, 11) is -3.44. The molecule has 9 nitrogen and oxygen atoms in total. The first-order chi connectivity index (χ1) is 23.0. The molecule has 0 spiro atoms. The van der Waals surface area contributed by atoms with Crippen LogP contribution in [0.2, 0.25) is 5.02 Å². The predicted octanol–water partition coefficient (Wildman–Crippen LogP) is 7.29. The lowest BCUT2D eigenvalue weighted by molar-refractivity contribution is -0.138. The lowest BCUT2D eigenvalue weighted by Crippen LogP contribution is -2.35. The molecule has 3 aromatic carbocycles. The van der Waals surface area contributed by atoms with E-state index in [4.69, 9.17) is 16.3 Å². The number of carbonyl (C=O) groups is 4. The van der Waals surface area contributed by atoms with Crippen molar-refractivity contribution in [1.82, 2.24) is 4.98 Å². The van der Waals surface area contributed by atoms with Gasteiger partial charge in [-0.1, -0.05) is 17.7 Å². The van der Waals surface area contributed by atoms with Gasteiger partial charge in [-0.2, -0.15) is 13.2 Å². The SMILES string of the molecule is CS(=O)(=O)c1ccc(C(=O)C2C(=O)CCCC2=O)c(Cl)c1.O=C(Nc1ccc(F)cc1F)c1cccnc1Oc1cccc(C(F)(F)F)c1. The number of hydrogen-bond acceptors (Lipinski definition) is 8. The molecule has 1 N–H and O–H groups in total. The van der Waals surface area contributed by atoms with E-state index >= 15 is 0 Å². The molecule has 4 aromatic rings. The second kappa shape index (κ2) is 15.0. The van der Waals surface area contributed by atoms with Crippen molar-refractivity contribution in [3.05, 3.63) is 112 Å². The summed E-state index contributed by atoms with van der Waals surface area (Å²) in [5, 5.41) is 2.16. The molecule has 1 aliphatic rings. The number of hydrogen-bond donors (Lipinski definition) is 1. The van der Waals surface area contributed by atoms with Gasteiger partial charge in [0, 0.05) is 36.9 Å². The van der Waals surface area contributed by atoms with E-state index in [1.54, 1.807) is 0 Å². The minimum atomic E-state index is -4.57. The summed E-state index contributed by atoms with van der Waals surface area (Å²) in [6, 6.07) is 13.0. The third-order valence-corrected chi connectivity index (χ3v) is 8.38. The molecule has 0 saturated heterocycles. The molecule has 5 rings (SSSR count). The fourth-order valence-electron chi connectivity index (χ4n) is 4.55. The Kier molecular flexibility index (Phi) is 11.3. The zero-order valence-electron chi connectivity index (χ0n) is 25.2. The van der Waals surface area contributed by atoms with E-state index < -0.39 is 62.4 Å². The molecule has 49 heavy (non-hydrogen) atoms. The van der Waals surface area contributed by atoms with Crippen molar-refractivity contribution in [2.75, 3.05) is 11.6 Å². The minimum absolute atomic E-state index is 0.00216. The third-order valence-electron chi connectivity index (χ3n) is 6.96. The first-order valence-electron chi connectivity index (χ1n) is 14.1. The Labute approximate surface area is 281 Å². The summed E-state index contributed by atoms with van der Waals surface area (Å²) in [4.78, 5) is 52.1. The van der Waals surface area contributed by atoms with Gasteiger partial charge in [0.1, 0.15) is 28.9 Å². The number of aromatic nitrogens is 1. The highest BCUT2D eigenvalue weighted by atomic mass is 35.5. The van der Waals surface area contributed by atoms with Crippen LogP contribution in [0.15, 0.2) is 83.9 Å². The Morgan fingerprint density at radius 2 is 1.61 bits per heavy atom. The van der Waals surface area contributed by atoms with Crippen LogP contribution in [-0.2, 0) is 25.6 Å². The number of anilines is 1. The number of halogens is 6. The summed E-state index contributed by atoms with van der Waals surface area (Å²) in [5.41, 5.74) is -1.36. The van der Waals surface area contributed by atoms with Crippen LogP contribution in [0.3, 0.4) is 0 Å². The van der Waals surface area contributed by atoms with Crippen LogP contribution < -0.4 is 10.1 Å². The molecule has 1 fully saturated rings. The van der Waals surface area contributed by atoms with Crippen molar-refractivity contribution < 1.29 is 54.3 Å². The topological polar surface area (TPSA) is 137 Å². The molecular weight excluding hydrogens is 699 g/mol. The first-order valence-corrected chi connectivity index (χ1v) is 16.4. The Morgan fingerprint density at radius 1 is 0.918 bits per heavy atom. The molecule has 256 valence electrons. The van der Waals surface area contributed by atoms with E-state index in [2.05, 4.69) is 10.3 Å². The molecule has 0 unspecified atom stereocenters. The second-order valence-electron chi connectivity index (χ2n) is 10.6. The summed E-state index contributed by atoms with van der Waals surface area (Å²) in [5.74, 6) is -5.87. The Morgan fingerprint density at radius 3 is 2.22 bits per heavy atom. The standard InChI is InChI=1S/C19H11F5N2O2.C14H13ClO5S/c20-12-6-7-16(15(21)10-12)26-17(27)14-5-2-8-25-18(14)28-13-4-1-3-11(9-13)19(22,23)24;1-21(19,20)8-5-6-9(10(15)7-8)14(18)13-11(16)3-2-4-12(13)17/h1-10H,(H,26,27);5-7,13H,2-4H2,1H3. The van der Waals surface area contributed by atoms with Gasteiger partial charge in [-0.3, -0.25) is 19.2 Å². The van der Waals surface area contributed by atoms with Gasteiger partial charge in [0.2, 0.25) is 5.88 Å². The number of Topliss-reactive ketones (excluding diaryl/α,β-unsaturated/α-hetero) is 3. The van der Waals surface area contributed by atoms with Gasteiger partial charge in [0.05, 0.1) is 21.2 Å². The zero-order valence-corrected chi connectivity index (χ0v) is 26.8. The maximum absolute atomic E-state index is 13.7. The number of sulfone groups is 1. The number of alkyl halides is 3. The van der Waals surface area contributed by atoms with Crippen LogP contribution in [-0.4, -0.2) is 42.9 Å². The second-order valence-corrected chi connectivity index (χ2v) is 13.0. The maximum atomic E-state index is 13.7. The van der Waals surface area contributed by atoms with Gasteiger partial charge in [0.15, 0.2) is 27.2 Å². The number of ketones is 3. The number of pyridine rings is 1. The van der Waals surface area contributed by atoms with Crippen molar-refractivity contribution in [2.24, 2.45) is 5.92 Å². The molecule has 1 amide bonds. The number of nitrogens with zero attached hydrogens (tertiary/aromatic N) is 1. The van der Waals surface area contributed by atoms with Crippen LogP contribution in [0.25, 0.3) is 0 Å².